The van der Waals surface area contributed by atoms with E-state index in [-0.39, 0.29) is 17.4 Å². The molecule has 1 aliphatic rings. The minimum Gasteiger partial charge on any atom is -0.478 e. The van der Waals surface area contributed by atoms with Crippen LogP contribution < -0.4 is 5.32 Å². The van der Waals surface area contributed by atoms with Crippen molar-refractivity contribution in [3.8, 4) is 0 Å². The van der Waals surface area contributed by atoms with Gasteiger partial charge in [-0.15, -0.1) is 0 Å². The number of benzene rings is 1. The average molecular weight is 276 g/mol. The Kier molecular flexibility index (Phi) is 3.74. The first kappa shape index (κ1) is 14.0. The Hall–Kier alpha value is -2.37. The maximum atomic E-state index is 11.9. The van der Waals surface area contributed by atoms with Crippen molar-refractivity contribution in [1.82, 2.24) is 4.90 Å². The summed E-state index contributed by atoms with van der Waals surface area (Å²) in [7, 11) is 1.47. The average Bonchev–Trinajstić information content (AvgIpc) is 2.39. The highest BCUT2D eigenvalue weighted by molar-refractivity contribution is 6.01. The number of aryl methyl sites for hydroxylation is 1. The first-order chi connectivity index (χ1) is 9.40. The number of carboxylic acids is 1. The summed E-state index contributed by atoms with van der Waals surface area (Å²) in [5.74, 6) is -1.42. The molecule has 6 nitrogen and oxygen atoms in total. The Morgan fingerprint density at radius 3 is 2.70 bits per heavy atom. The number of nitrogens with one attached hydrogen (secondary N) is 1. The van der Waals surface area contributed by atoms with E-state index >= 15 is 0 Å². The number of anilines is 1. The molecule has 0 saturated carbocycles. The Labute approximate surface area is 116 Å². The Balaban J connectivity index is 2.14. The van der Waals surface area contributed by atoms with Gasteiger partial charge in [-0.1, -0.05) is 0 Å². The van der Waals surface area contributed by atoms with Crippen LogP contribution in [-0.4, -0.2) is 40.9 Å². The molecule has 0 aliphatic carbocycles. The van der Waals surface area contributed by atoms with Crippen LogP contribution in [0.25, 0.3) is 0 Å². The molecule has 106 valence electrons. The monoisotopic (exact) mass is 276 g/mol. The molecule has 0 radical (unpaired) electrons. The van der Waals surface area contributed by atoms with Gasteiger partial charge < -0.3 is 10.4 Å². The third-order valence-corrected chi connectivity index (χ3v) is 3.45. The predicted octanol–water partition coefficient (Wildman–Crippen LogP) is 1.25. The number of piperidine rings is 1. The predicted molar refractivity (Wildman–Crippen MR) is 72.6 cm³/mol. The summed E-state index contributed by atoms with van der Waals surface area (Å²) in [5.41, 5.74) is 1.53. The maximum absolute atomic E-state index is 11.9. The molecule has 2 rings (SSSR count). The van der Waals surface area contributed by atoms with Gasteiger partial charge in [0.15, 0.2) is 0 Å². The quantitative estimate of drug-likeness (QED) is 0.811. The largest absolute Gasteiger partial charge is 0.478 e. The van der Waals surface area contributed by atoms with E-state index < -0.39 is 12.0 Å². The molecular formula is C14H16N2O4. The lowest BCUT2D eigenvalue weighted by Gasteiger charge is -2.29. The van der Waals surface area contributed by atoms with Gasteiger partial charge in [0, 0.05) is 19.2 Å². The van der Waals surface area contributed by atoms with E-state index in [1.54, 1.807) is 19.1 Å². The molecule has 2 amide bonds. The highest BCUT2D eigenvalue weighted by atomic mass is 16.4. The molecule has 6 heteroatoms. The summed E-state index contributed by atoms with van der Waals surface area (Å²) in [5, 5.41) is 12.0. The number of rotatable bonds is 3. The minimum absolute atomic E-state index is 0.176. The van der Waals surface area contributed by atoms with Gasteiger partial charge in [-0.2, -0.15) is 0 Å². The number of hydrogen-bond acceptors (Lipinski definition) is 4. The summed E-state index contributed by atoms with van der Waals surface area (Å²) in [4.78, 5) is 35.4. The number of hydrogen-bond donors (Lipinski definition) is 2. The van der Waals surface area contributed by atoms with E-state index in [1.165, 1.54) is 13.1 Å². The molecule has 1 unspecified atom stereocenters. The molecule has 1 aliphatic heterocycles. The van der Waals surface area contributed by atoms with Crippen molar-refractivity contribution < 1.29 is 19.5 Å². The Bertz CT molecular complexity index is 583. The number of amides is 2. The lowest BCUT2D eigenvalue weighted by Crippen LogP contribution is -2.48. The van der Waals surface area contributed by atoms with Crippen LogP contribution >= 0.6 is 0 Å². The zero-order valence-electron chi connectivity index (χ0n) is 11.3. The zero-order valence-corrected chi connectivity index (χ0v) is 11.3. The third kappa shape index (κ3) is 2.64. The fourth-order valence-electron chi connectivity index (χ4n) is 2.24. The van der Waals surface area contributed by atoms with Crippen molar-refractivity contribution in [3.63, 3.8) is 0 Å². The van der Waals surface area contributed by atoms with E-state index in [0.717, 1.165) is 4.90 Å². The standard InChI is InChI=1S/C14H16N2O4/c1-8-7-9(3-4-10(8)14(19)20)15-11-5-6-12(17)16(2)13(11)18/h3-4,7,11,15H,5-6H2,1-2H3,(H,19,20). The number of aromatic carboxylic acids is 1. The van der Waals surface area contributed by atoms with Crippen LogP contribution in [0.5, 0.6) is 0 Å². The second kappa shape index (κ2) is 5.32. The van der Waals surface area contributed by atoms with Crippen LogP contribution in [-0.2, 0) is 9.59 Å². The van der Waals surface area contributed by atoms with Crippen LogP contribution in [0.15, 0.2) is 18.2 Å². The molecule has 0 bridgehead atoms. The van der Waals surface area contributed by atoms with E-state index in [1.807, 2.05) is 0 Å². The summed E-state index contributed by atoms with van der Waals surface area (Å²) >= 11 is 0. The Morgan fingerprint density at radius 2 is 2.10 bits per heavy atom. The number of nitrogens with zero attached hydrogens (tertiary/aromatic N) is 1. The van der Waals surface area contributed by atoms with Crippen LogP contribution in [0.4, 0.5) is 5.69 Å². The molecule has 1 saturated heterocycles. The second-order valence-electron chi connectivity index (χ2n) is 4.86. The van der Waals surface area contributed by atoms with Crippen molar-refractivity contribution in [1.29, 1.82) is 0 Å². The van der Waals surface area contributed by atoms with Gasteiger partial charge in [-0.05, 0) is 37.1 Å². The highest BCUT2D eigenvalue weighted by Gasteiger charge is 2.31. The number of imide groups is 1. The van der Waals surface area contributed by atoms with Gasteiger partial charge in [0.25, 0.3) is 5.91 Å². The molecule has 1 aromatic rings. The van der Waals surface area contributed by atoms with Gasteiger partial charge in [-0.3, -0.25) is 14.5 Å². The van der Waals surface area contributed by atoms with Crippen molar-refractivity contribution in [2.45, 2.75) is 25.8 Å². The maximum Gasteiger partial charge on any atom is 0.335 e. The van der Waals surface area contributed by atoms with Gasteiger partial charge in [0.2, 0.25) is 5.91 Å². The molecule has 1 aromatic carbocycles. The molecular weight excluding hydrogens is 260 g/mol. The molecule has 0 aromatic heterocycles. The number of carbonyl (C=O) groups is 3. The molecule has 1 heterocycles. The van der Waals surface area contributed by atoms with Gasteiger partial charge in [0.05, 0.1) is 5.56 Å². The fourth-order valence-corrected chi connectivity index (χ4v) is 2.24. The molecule has 2 N–H and O–H groups in total. The van der Waals surface area contributed by atoms with Crippen molar-refractivity contribution in [2.75, 3.05) is 12.4 Å². The highest BCUT2D eigenvalue weighted by Crippen LogP contribution is 2.20. The SMILES string of the molecule is Cc1cc(NC2CCC(=O)N(C)C2=O)ccc1C(=O)O. The molecule has 1 fully saturated rings. The zero-order chi connectivity index (χ0) is 14.9. The van der Waals surface area contributed by atoms with Crippen LogP contribution in [0.2, 0.25) is 0 Å². The van der Waals surface area contributed by atoms with Gasteiger partial charge >= 0.3 is 5.97 Å². The first-order valence-electron chi connectivity index (χ1n) is 6.31. The normalized spacial score (nSPS) is 19.1. The van der Waals surface area contributed by atoms with E-state index in [2.05, 4.69) is 5.32 Å². The van der Waals surface area contributed by atoms with Gasteiger partial charge in [-0.25, -0.2) is 4.79 Å². The number of likely N-dealkylation sites (tertiary alicyclic amines) is 1. The molecule has 0 spiro atoms. The Morgan fingerprint density at radius 1 is 1.40 bits per heavy atom. The van der Waals surface area contributed by atoms with Gasteiger partial charge in [0.1, 0.15) is 6.04 Å². The lowest BCUT2D eigenvalue weighted by molar-refractivity contribution is -0.146. The van der Waals surface area contributed by atoms with E-state index in [4.69, 9.17) is 5.11 Å². The summed E-state index contributed by atoms with van der Waals surface area (Å²) in [6.07, 6.45) is 0.772. The number of likely N-dealkylation sites (N-methyl/N-ethyl adjacent to an activating group) is 1. The lowest BCUT2D eigenvalue weighted by atomic mass is 10.0. The fraction of sp³-hybridized carbons (Fsp3) is 0.357. The molecule has 1 atom stereocenters. The van der Waals surface area contributed by atoms with Crippen LogP contribution in [0.3, 0.4) is 0 Å². The van der Waals surface area contributed by atoms with Crippen LogP contribution in [0.1, 0.15) is 28.8 Å². The van der Waals surface area contributed by atoms with Crippen molar-refractivity contribution >= 4 is 23.5 Å². The minimum atomic E-state index is -0.979. The van der Waals surface area contributed by atoms with E-state index in [9.17, 15) is 14.4 Å². The van der Waals surface area contributed by atoms with E-state index in [0.29, 0.717) is 24.1 Å². The molecule has 20 heavy (non-hydrogen) atoms. The third-order valence-electron chi connectivity index (χ3n) is 3.45. The smallest absolute Gasteiger partial charge is 0.335 e. The van der Waals surface area contributed by atoms with Crippen molar-refractivity contribution in [2.24, 2.45) is 0 Å². The number of carbonyl (C=O) groups excluding carboxylic acids is 2. The first-order valence-corrected chi connectivity index (χ1v) is 6.31. The van der Waals surface area contributed by atoms with Crippen LogP contribution in [0, 0.1) is 6.92 Å². The second-order valence-corrected chi connectivity index (χ2v) is 4.86. The topological polar surface area (TPSA) is 86.7 Å². The number of carboxylic acid groups (broad SMARTS) is 1. The van der Waals surface area contributed by atoms with Crippen molar-refractivity contribution in [3.05, 3.63) is 29.3 Å². The summed E-state index contributed by atoms with van der Waals surface area (Å²) in [6, 6.07) is 4.36. The summed E-state index contributed by atoms with van der Waals surface area (Å²) in [6.45, 7) is 1.70. The summed E-state index contributed by atoms with van der Waals surface area (Å²) < 4.78 is 0.